The SMILES string of the molecule is CN1CN(C)c2ncn(CCN3CCN(c4ccccc4)CC3)c2C1=O. The van der Waals surface area contributed by atoms with Crippen molar-refractivity contribution in [1.82, 2.24) is 19.4 Å². The van der Waals surface area contributed by atoms with E-state index in [0.717, 1.165) is 45.1 Å². The van der Waals surface area contributed by atoms with Crippen LogP contribution in [0.1, 0.15) is 10.5 Å². The van der Waals surface area contributed by atoms with Gasteiger partial charge in [-0.3, -0.25) is 9.69 Å². The number of hydrogen-bond acceptors (Lipinski definition) is 5. The highest BCUT2D eigenvalue weighted by atomic mass is 16.2. The van der Waals surface area contributed by atoms with E-state index in [9.17, 15) is 4.79 Å². The summed E-state index contributed by atoms with van der Waals surface area (Å²) in [7, 11) is 3.81. The minimum absolute atomic E-state index is 0.0597. The first-order chi connectivity index (χ1) is 12.6. The second-order valence-corrected chi connectivity index (χ2v) is 7.12. The van der Waals surface area contributed by atoms with Crippen molar-refractivity contribution in [2.45, 2.75) is 6.54 Å². The Labute approximate surface area is 154 Å². The van der Waals surface area contributed by atoms with Gasteiger partial charge in [0.25, 0.3) is 5.91 Å². The van der Waals surface area contributed by atoms with Crippen LogP contribution in [-0.4, -0.2) is 78.7 Å². The van der Waals surface area contributed by atoms with Gasteiger partial charge in [0.1, 0.15) is 0 Å². The first kappa shape index (κ1) is 16.9. The van der Waals surface area contributed by atoms with Crippen molar-refractivity contribution in [1.29, 1.82) is 0 Å². The van der Waals surface area contributed by atoms with E-state index in [-0.39, 0.29) is 5.91 Å². The molecule has 7 nitrogen and oxygen atoms in total. The molecule has 7 heteroatoms. The molecule has 2 aromatic rings. The van der Waals surface area contributed by atoms with Gasteiger partial charge in [0, 0.05) is 59.1 Å². The zero-order chi connectivity index (χ0) is 18.1. The molecule has 0 aliphatic carbocycles. The van der Waals surface area contributed by atoms with Crippen LogP contribution < -0.4 is 9.80 Å². The largest absolute Gasteiger partial charge is 0.369 e. The number of carbonyl (C=O) groups excluding carboxylic acids is 1. The van der Waals surface area contributed by atoms with Gasteiger partial charge in [0.2, 0.25) is 0 Å². The molecule has 0 N–H and O–H groups in total. The lowest BCUT2D eigenvalue weighted by Crippen LogP contribution is -2.47. The van der Waals surface area contributed by atoms with Crippen molar-refractivity contribution in [3.63, 3.8) is 0 Å². The zero-order valence-corrected chi connectivity index (χ0v) is 15.5. The van der Waals surface area contributed by atoms with Crippen LogP contribution in [0, 0.1) is 0 Å². The maximum Gasteiger partial charge on any atom is 0.275 e. The summed E-state index contributed by atoms with van der Waals surface area (Å²) in [5.41, 5.74) is 2.01. The number of nitrogens with zero attached hydrogens (tertiary/aromatic N) is 6. The van der Waals surface area contributed by atoms with Crippen molar-refractivity contribution >= 4 is 17.4 Å². The third kappa shape index (κ3) is 3.14. The fourth-order valence-corrected chi connectivity index (χ4v) is 3.79. The van der Waals surface area contributed by atoms with Gasteiger partial charge in [-0.25, -0.2) is 4.98 Å². The van der Waals surface area contributed by atoms with Crippen molar-refractivity contribution in [2.24, 2.45) is 0 Å². The summed E-state index contributed by atoms with van der Waals surface area (Å²) < 4.78 is 2.01. The number of aromatic nitrogens is 2. The fourth-order valence-electron chi connectivity index (χ4n) is 3.79. The van der Waals surface area contributed by atoms with Crippen LogP contribution in [0.5, 0.6) is 0 Å². The predicted octanol–water partition coefficient (Wildman–Crippen LogP) is 1.18. The standard InChI is InChI=1S/C19H26N6O/c1-21-15-22(2)19(26)17-18(21)20-14-25(17)13-10-23-8-11-24(12-9-23)16-6-4-3-5-7-16/h3-7,14H,8-13,15H2,1-2H3. The summed E-state index contributed by atoms with van der Waals surface area (Å²) in [5.74, 6) is 0.853. The van der Waals surface area contributed by atoms with Crippen LogP contribution in [-0.2, 0) is 6.54 Å². The monoisotopic (exact) mass is 354 g/mol. The molecular formula is C19H26N6O. The Kier molecular flexibility index (Phi) is 4.55. The molecule has 1 fully saturated rings. The van der Waals surface area contributed by atoms with Gasteiger partial charge in [-0.2, -0.15) is 0 Å². The normalized spacial score (nSPS) is 18.4. The molecule has 0 atom stereocenters. The highest BCUT2D eigenvalue weighted by Gasteiger charge is 2.30. The lowest BCUT2D eigenvalue weighted by atomic mass is 10.2. The first-order valence-electron chi connectivity index (χ1n) is 9.17. The van der Waals surface area contributed by atoms with Gasteiger partial charge < -0.3 is 19.3 Å². The zero-order valence-electron chi connectivity index (χ0n) is 15.5. The summed E-state index contributed by atoms with van der Waals surface area (Å²) in [6.07, 6.45) is 1.80. The van der Waals surface area contributed by atoms with E-state index in [2.05, 4.69) is 45.1 Å². The Hall–Kier alpha value is -2.54. The van der Waals surface area contributed by atoms with Gasteiger partial charge in [-0.1, -0.05) is 18.2 Å². The van der Waals surface area contributed by atoms with Gasteiger partial charge in [-0.05, 0) is 12.1 Å². The number of imidazole rings is 1. The number of para-hydroxylation sites is 1. The van der Waals surface area contributed by atoms with E-state index in [1.165, 1.54) is 5.69 Å². The van der Waals surface area contributed by atoms with Gasteiger partial charge in [0.15, 0.2) is 11.5 Å². The molecule has 0 bridgehead atoms. The number of anilines is 2. The molecule has 0 radical (unpaired) electrons. The number of hydrogen-bond donors (Lipinski definition) is 0. The Morgan fingerprint density at radius 3 is 2.42 bits per heavy atom. The minimum Gasteiger partial charge on any atom is -0.369 e. The molecule has 138 valence electrons. The summed E-state index contributed by atoms with van der Waals surface area (Å²) in [6, 6.07) is 10.6. The molecule has 4 rings (SSSR count). The van der Waals surface area contributed by atoms with Crippen molar-refractivity contribution < 1.29 is 4.79 Å². The summed E-state index contributed by atoms with van der Waals surface area (Å²) in [5, 5.41) is 0. The van der Waals surface area contributed by atoms with Crippen molar-refractivity contribution in [3.8, 4) is 0 Å². The molecule has 1 aromatic heterocycles. The molecule has 3 heterocycles. The summed E-state index contributed by atoms with van der Waals surface area (Å²) >= 11 is 0. The summed E-state index contributed by atoms with van der Waals surface area (Å²) in [6.45, 7) is 6.48. The molecule has 0 saturated carbocycles. The topological polar surface area (TPSA) is 47.9 Å². The fraction of sp³-hybridized carbons (Fsp3) is 0.474. The number of rotatable bonds is 4. The minimum atomic E-state index is 0.0597. The predicted molar refractivity (Wildman–Crippen MR) is 103 cm³/mol. The maximum atomic E-state index is 12.5. The Bertz CT molecular complexity index is 766. The number of fused-ring (bicyclic) bond motifs is 1. The van der Waals surface area contributed by atoms with Crippen LogP contribution >= 0.6 is 0 Å². The van der Waals surface area contributed by atoms with E-state index < -0.39 is 0 Å². The van der Waals surface area contributed by atoms with Crippen LogP contribution in [0.2, 0.25) is 0 Å². The molecular weight excluding hydrogens is 328 g/mol. The quantitative estimate of drug-likeness (QED) is 0.825. The Morgan fingerprint density at radius 1 is 0.962 bits per heavy atom. The van der Waals surface area contributed by atoms with Crippen LogP contribution in [0.25, 0.3) is 0 Å². The van der Waals surface area contributed by atoms with Gasteiger partial charge in [0.05, 0.1) is 13.0 Å². The average molecular weight is 354 g/mol. The summed E-state index contributed by atoms with van der Waals surface area (Å²) in [4.78, 5) is 25.6. The van der Waals surface area contributed by atoms with Crippen molar-refractivity contribution in [3.05, 3.63) is 42.4 Å². The third-order valence-corrected chi connectivity index (χ3v) is 5.30. The lowest BCUT2D eigenvalue weighted by molar-refractivity contribution is 0.0772. The van der Waals surface area contributed by atoms with E-state index >= 15 is 0 Å². The van der Waals surface area contributed by atoms with Crippen LogP contribution in [0.3, 0.4) is 0 Å². The van der Waals surface area contributed by atoms with E-state index in [4.69, 9.17) is 0 Å². The second kappa shape index (κ2) is 6.99. The maximum absolute atomic E-state index is 12.5. The molecule has 0 spiro atoms. The molecule has 1 saturated heterocycles. The highest BCUT2D eigenvalue weighted by molar-refractivity contribution is 5.98. The lowest BCUT2D eigenvalue weighted by Gasteiger charge is -2.36. The van der Waals surface area contributed by atoms with Crippen LogP contribution in [0.15, 0.2) is 36.7 Å². The molecule has 1 amide bonds. The Morgan fingerprint density at radius 2 is 1.69 bits per heavy atom. The number of carbonyl (C=O) groups is 1. The highest BCUT2D eigenvalue weighted by Crippen LogP contribution is 2.24. The third-order valence-electron chi connectivity index (χ3n) is 5.30. The molecule has 26 heavy (non-hydrogen) atoms. The van der Waals surface area contributed by atoms with E-state index in [1.54, 1.807) is 11.2 Å². The molecule has 2 aliphatic rings. The molecule has 2 aliphatic heterocycles. The number of benzene rings is 1. The second-order valence-electron chi connectivity index (χ2n) is 7.12. The number of piperazine rings is 1. The van der Waals surface area contributed by atoms with E-state index in [0.29, 0.717) is 12.4 Å². The van der Waals surface area contributed by atoms with Gasteiger partial charge >= 0.3 is 0 Å². The van der Waals surface area contributed by atoms with Gasteiger partial charge in [-0.15, -0.1) is 0 Å². The van der Waals surface area contributed by atoms with Crippen molar-refractivity contribution in [2.75, 3.05) is 63.3 Å². The average Bonchev–Trinajstić information content (AvgIpc) is 3.10. The smallest absolute Gasteiger partial charge is 0.275 e. The molecule has 0 unspecified atom stereocenters. The van der Waals surface area contributed by atoms with Crippen LogP contribution in [0.4, 0.5) is 11.5 Å². The first-order valence-corrected chi connectivity index (χ1v) is 9.17. The molecule has 1 aromatic carbocycles. The van der Waals surface area contributed by atoms with E-state index in [1.807, 2.05) is 23.6 Å². The Balaban J connectivity index is 1.36. The number of amides is 1.